The van der Waals surface area contributed by atoms with Gasteiger partial charge >= 0.3 is 0 Å². The molecule has 0 aromatic carbocycles. The first-order valence-corrected chi connectivity index (χ1v) is 8.61. The van der Waals surface area contributed by atoms with E-state index in [2.05, 4.69) is 22.0 Å². The summed E-state index contributed by atoms with van der Waals surface area (Å²) in [5.41, 5.74) is -0.0990. The van der Waals surface area contributed by atoms with Gasteiger partial charge in [-0.25, -0.2) is 0 Å². The maximum atomic E-state index is 9.69. The standard InChI is InChI=1S/C16H31N3O2/c1-16(13-20,17-14-2-3-14)5-7-18-6-4-15(12-18)19-8-10-21-11-9-19/h14-15,17,20H,2-13H2,1H3. The minimum Gasteiger partial charge on any atom is -0.394 e. The van der Waals surface area contributed by atoms with Gasteiger partial charge in [-0.05, 0) is 39.2 Å². The Morgan fingerprint density at radius 3 is 2.62 bits per heavy atom. The van der Waals surface area contributed by atoms with Gasteiger partial charge in [0.05, 0.1) is 19.8 Å². The summed E-state index contributed by atoms with van der Waals surface area (Å²) in [5.74, 6) is 0. The van der Waals surface area contributed by atoms with Crippen molar-refractivity contribution < 1.29 is 9.84 Å². The summed E-state index contributed by atoms with van der Waals surface area (Å²) in [4.78, 5) is 5.17. The summed E-state index contributed by atoms with van der Waals surface area (Å²) in [6, 6.07) is 1.37. The number of nitrogens with one attached hydrogen (secondary N) is 1. The molecule has 2 N–H and O–H groups in total. The Morgan fingerprint density at radius 1 is 1.19 bits per heavy atom. The number of hydrogen-bond acceptors (Lipinski definition) is 5. The van der Waals surface area contributed by atoms with Crippen molar-refractivity contribution in [1.82, 2.24) is 15.1 Å². The third kappa shape index (κ3) is 4.39. The van der Waals surface area contributed by atoms with Gasteiger partial charge in [0, 0.05) is 43.8 Å². The molecule has 5 nitrogen and oxygen atoms in total. The Kier molecular flexibility index (Phi) is 5.17. The zero-order chi connectivity index (χ0) is 14.7. The molecule has 3 fully saturated rings. The highest BCUT2D eigenvalue weighted by Gasteiger charge is 2.34. The highest BCUT2D eigenvalue weighted by atomic mass is 16.5. The van der Waals surface area contributed by atoms with Crippen LogP contribution < -0.4 is 5.32 Å². The summed E-state index contributed by atoms with van der Waals surface area (Å²) in [7, 11) is 0. The van der Waals surface area contributed by atoms with E-state index in [0.29, 0.717) is 12.1 Å². The van der Waals surface area contributed by atoms with Gasteiger partial charge < -0.3 is 20.1 Å². The fourth-order valence-electron chi connectivity index (χ4n) is 3.58. The summed E-state index contributed by atoms with van der Waals surface area (Å²) < 4.78 is 5.44. The van der Waals surface area contributed by atoms with Gasteiger partial charge in [-0.15, -0.1) is 0 Å². The Labute approximate surface area is 128 Å². The maximum absolute atomic E-state index is 9.69. The largest absolute Gasteiger partial charge is 0.394 e. The van der Waals surface area contributed by atoms with E-state index in [-0.39, 0.29) is 12.1 Å². The molecule has 21 heavy (non-hydrogen) atoms. The van der Waals surface area contributed by atoms with E-state index in [0.717, 1.165) is 39.3 Å². The molecule has 0 bridgehead atoms. The van der Waals surface area contributed by atoms with Crippen LogP contribution >= 0.6 is 0 Å². The van der Waals surface area contributed by atoms with Crippen molar-refractivity contribution in [3.63, 3.8) is 0 Å². The molecule has 3 aliphatic rings. The molecule has 0 radical (unpaired) electrons. The van der Waals surface area contributed by atoms with Gasteiger partial charge in [0.25, 0.3) is 0 Å². The summed E-state index contributed by atoms with van der Waals surface area (Å²) >= 11 is 0. The summed E-state index contributed by atoms with van der Waals surface area (Å²) in [5, 5.41) is 13.3. The number of hydrogen-bond donors (Lipinski definition) is 2. The van der Waals surface area contributed by atoms with Crippen molar-refractivity contribution in [3.8, 4) is 0 Å². The lowest BCUT2D eigenvalue weighted by molar-refractivity contribution is 0.0183. The van der Waals surface area contributed by atoms with E-state index in [1.165, 1.54) is 32.4 Å². The van der Waals surface area contributed by atoms with Crippen molar-refractivity contribution in [2.24, 2.45) is 0 Å². The quantitative estimate of drug-likeness (QED) is 0.707. The van der Waals surface area contributed by atoms with Gasteiger partial charge in [-0.1, -0.05) is 0 Å². The van der Waals surface area contributed by atoms with Crippen LogP contribution in [0.15, 0.2) is 0 Å². The molecule has 2 unspecified atom stereocenters. The Morgan fingerprint density at radius 2 is 1.95 bits per heavy atom. The number of likely N-dealkylation sites (tertiary alicyclic amines) is 1. The van der Waals surface area contributed by atoms with Crippen LogP contribution in [0.4, 0.5) is 0 Å². The molecule has 1 saturated carbocycles. The van der Waals surface area contributed by atoms with E-state index in [4.69, 9.17) is 4.74 Å². The molecule has 2 heterocycles. The van der Waals surface area contributed by atoms with E-state index in [9.17, 15) is 5.11 Å². The zero-order valence-corrected chi connectivity index (χ0v) is 13.4. The van der Waals surface area contributed by atoms with E-state index < -0.39 is 0 Å². The van der Waals surface area contributed by atoms with Crippen LogP contribution in [0.5, 0.6) is 0 Å². The van der Waals surface area contributed by atoms with Crippen LogP contribution in [0.1, 0.15) is 32.6 Å². The first-order chi connectivity index (χ1) is 10.2. The first-order valence-electron chi connectivity index (χ1n) is 8.61. The monoisotopic (exact) mass is 297 g/mol. The molecule has 0 spiro atoms. The van der Waals surface area contributed by atoms with E-state index in [1.54, 1.807) is 0 Å². The lowest BCUT2D eigenvalue weighted by Gasteiger charge is -2.33. The molecule has 122 valence electrons. The SMILES string of the molecule is CC(CO)(CCN1CCC(N2CCOCC2)C1)NC1CC1. The minimum absolute atomic E-state index is 0.0990. The molecule has 5 heteroatoms. The number of aliphatic hydroxyl groups excluding tert-OH is 1. The zero-order valence-electron chi connectivity index (χ0n) is 13.4. The number of nitrogens with zero attached hydrogens (tertiary/aromatic N) is 2. The smallest absolute Gasteiger partial charge is 0.0611 e. The minimum atomic E-state index is -0.0990. The molecule has 2 aliphatic heterocycles. The lowest BCUT2D eigenvalue weighted by Crippen LogP contribution is -2.49. The van der Waals surface area contributed by atoms with Crippen LogP contribution in [0, 0.1) is 0 Å². The molecule has 2 atom stereocenters. The average molecular weight is 297 g/mol. The van der Waals surface area contributed by atoms with Crippen molar-refractivity contribution in [2.75, 3.05) is 52.5 Å². The predicted octanol–water partition coefficient (Wildman–Crippen LogP) is 0.286. The van der Waals surface area contributed by atoms with Gasteiger partial charge in [-0.3, -0.25) is 4.90 Å². The summed E-state index contributed by atoms with van der Waals surface area (Å²) in [6.07, 6.45) is 4.87. The fourth-order valence-corrected chi connectivity index (χ4v) is 3.58. The normalized spacial score (nSPS) is 31.4. The van der Waals surface area contributed by atoms with Crippen molar-refractivity contribution in [3.05, 3.63) is 0 Å². The molecular formula is C16H31N3O2. The number of ether oxygens (including phenoxy) is 1. The second-order valence-corrected chi connectivity index (χ2v) is 7.28. The second kappa shape index (κ2) is 6.92. The second-order valence-electron chi connectivity index (χ2n) is 7.28. The van der Waals surface area contributed by atoms with Gasteiger partial charge in [0.2, 0.25) is 0 Å². The van der Waals surface area contributed by atoms with Crippen LogP contribution in [0.25, 0.3) is 0 Å². The average Bonchev–Trinajstić information content (AvgIpc) is 3.19. The Hall–Kier alpha value is -0.200. The number of aliphatic hydroxyl groups is 1. The Bertz CT molecular complexity index is 331. The van der Waals surface area contributed by atoms with Crippen LogP contribution in [-0.4, -0.2) is 85.1 Å². The fraction of sp³-hybridized carbons (Fsp3) is 1.00. The molecular weight excluding hydrogens is 266 g/mol. The molecule has 0 aromatic rings. The molecule has 1 aliphatic carbocycles. The first kappa shape index (κ1) is 15.7. The number of morpholine rings is 1. The molecule has 0 aromatic heterocycles. The molecule has 3 rings (SSSR count). The van der Waals surface area contributed by atoms with Gasteiger partial charge in [0.15, 0.2) is 0 Å². The van der Waals surface area contributed by atoms with Crippen LogP contribution in [-0.2, 0) is 4.74 Å². The van der Waals surface area contributed by atoms with Crippen LogP contribution in [0.2, 0.25) is 0 Å². The third-order valence-electron chi connectivity index (χ3n) is 5.27. The summed E-state index contributed by atoms with van der Waals surface area (Å²) in [6.45, 7) is 9.86. The van der Waals surface area contributed by atoms with Gasteiger partial charge in [-0.2, -0.15) is 0 Å². The van der Waals surface area contributed by atoms with Crippen molar-refractivity contribution >= 4 is 0 Å². The molecule has 2 saturated heterocycles. The van der Waals surface area contributed by atoms with Crippen LogP contribution in [0.3, 0.4) is 0 Å². The third-order valence-corrected chi connectivity index (χ3v) is 5.27. The van der Waals surface area contributed by atoms with E-state index >= 15 is 0 Å². The maximum Gasteiger partial charge on any atom is 0.0611 e. The van der Waals surface area contributed by atoms with E-state index in [1.807, 2.05) is 0 Å². The number of rotatable bonds is 7. The highest BCUT2D eigenvalue weighted by Crippen LogP contribution is 2.25. The van der Waals surface area contributed by atoms with Crippen molar-refractivity contribution in [1.29, 1.82) is 0 Å². The predicted molar refractivity (Wildman–Crippen MR) is 83.5 cm³/mol. The van der Waals surface area contributed by atoms with Crippen molar-refractivity contribution in [2.45, 2.75) is 50.2 Å². The topological polar surface area (TPSA) is 48.0 Å². The van der Waals surface area contributed by atoms with Gasteiger partial charge in [0.1, 0.15) is 0 Å². The lowest BCUT2D eigenvalue weighted by atomic mass is 9.98. The Balaban J connectivity index is 1.41. The molecule has 0 amide bonds. The highest BCUT2D eigenvalue weighted by molar-refractivity contribution is 4.93.